The van der Waals surface area contributed by atoms with Crippen LogP contribution in [0.15, 0.2) is 23.0 Å². The molecule has 2 aliphatic rings. The highest BCUT2D eigenvalue weighted by Crippen LogP contribution is 2.33. The summed E-state index contributed by atoms with van der Waals surface area (Å²) in [4.78, 5) is 27.7. The summed E-state index contributed by atoms with van der Waals surface area (Å²) in [7, 11) is 0. The Hall–Kier alpha value is -2.08. The third kappa shape index (κ3) is 2.75. The summed E-state index contributed by atoms with van der Waals surface area (Å²) >= 11 is 0. The van der Waals surface area contributed by atoms with E-state index in [0.29, 0.717) is 18.0 Å². The minimum Gasteiger partial charge on any atom is -0.348 e. The summed E-state index contributed by atoms with van der Waals surface area (Å²) in [6.45, 7) is 0.466. The van der Waals surface area contributed by atoms with Crippen LogP contribution in [0.1, 0.15) is 54.9 Å². The molecular weight excluding hydrogens is 304 g/mol. The van der Waals surface area contributed by atoms with Crippen molar-refractivity contribution in [2.45, 2.75) is 50.6 Å². The van der Waals surface area contributed by atoms with Crippen LogP contribution in [0, 0.1) is 5.92 Å². The average Bonchev–Trinajstić information content (AvgIpc) is 3.17. The number of nitrogens with zero attached hydrogens (tertiary/aromatic N) is 1. The smallest absolute Gasteiger partial charge is 0.326 e. The van der Waals surface area contributed by atoms with Gasteiger partial charge in [0.05, 0.1) is 11.0 Å². The Morgan fingerprint density at radius 1 is 1.29 bits per heavy atom. The number of nitrogens with one attached hydrogen (secondary N) is 2. The number of aromatic nitrogens is 2. The van der Waals surface area contributed by atoms with Gasteiger partial charge in [-0.3, -0.25) is 9.36 Å². The number of rotatable bonds is 5. The molecule has 0 radical (unpaired) electrons. The van der Waals surface area contributed by atoms with E-state index in [9.17, 15) is 9.59 Å². The van der Waals surface area contributed by atoms with E-state index in [4.69, 9.17) is 5.73 Å². The molecule has 24 heavy (non-hydrogen) atoms. The van der Waals surface area contributed by atoms with Gasteiger partial charge < -0.3 is 16.0 Å². The lowest BCUT2D eigenvalue weighted by molar-refractivity contribution is 0.0933. The topological polar surface area (TPSA) is 92.9 Å². The van der Waals surface area contributed by atoms with Crippen LogP contribution in [0.25, 0.3) is 11.0 Å². The Morgan fingerprint density at radius 2 is 2.04 bits per heavy atom. The standard InChI is InChI=1S/C18H24N4O2/c19-10-15(11-5-6-11)20-17(23)12-7-8-16-14(9-12)21-18(24)22(16)13-3-1-2-4-13/h7-9,11,13,15H,1-6,10,19H2,(H,20,23)(H,21,24). The number of benzene rings is 1. The number of carbonyl (C=O) groups is 1. The monoisotopic (exact) mass is 328 g/mol. The Bertz CT molecular complexity index is 812. The van der Waals surface area contributed by atoms with Crippen molar-refractivity contribution in [3.8, 4) is 0 Å². The van der Waals surface area contributed by atoms with Gasteiger partial charge in [0.15, 0.2) is 0 Å². The Morgan fingerprint density at radius 3 is 2.71 bits per heavy atom. The molecule has 2 aromatic rings. The van der Waals surface area contributed by atoms with Crippen LogP contribution in [0.2, 0.25) is 0 Å². The lowest BCUT2D eigenvalue weighted by Crippen LogP contribution is -2.41. The van der Waals surface area contributed by atoms with Crippen molar-refractivity contribution in [1.29, 1.82) is 0 Å². The van der Waals surface area contributed by atoms with E-state index in [0.717, 1.165) is 36.7 Å². The number of aromatic amines is 1. The van der Waals surface area contributed by atoms with Gasteiger partial charge >= 0.3 is 5.69 Å². The molecule has 0 saturated heterocycles. The molecule has 4 N–H and O–H groups in total. The molecule has 1 aromatic heterocycles. The molecule has 6 heteroatoms. The van der Waals surface area contributed by atoms with Gasteiger partial charge in [-0.1, -0.05) is 12.8 Å². The number of hydrogen-bond acceptors (Lipinski definition) is 3. The average molecular weight is 328 g/mol. The maximum atomic E-state index is 12.5. The fourth-order valence-electron chi connectivity index (χ4n) is 3.92. The van der Waals surface area contributed by atoms with Crippen molar-refractivity contribution < 1.29 is 4.79 Å². The molecule has 1 heterocycles. The lowest BCUT2D eigenvalue weighted by Gasteiger charge is -2.16. The predicted molar refractivity (Wildman–Crippen MR) is 93.1 cm³/mol. The van der Waals surface area contributed by atoms with Crippen molar-refractivity contribution in [1.82, 2.24) is 14.9 Å². The van der Waals surface area contributed by atoms with Gasteiger partial charge in [-0.25, -0.2) is 4.79 Å². The van der Waals surface area contributed by atoms with Crippen molar-refractivity contribution in [2.75, 3.05) is 6.54 Å². The van der Waals surface area contributed by atoms with Gasteiger partial charge in [-0.15, -0.1) is 0 Å². The summed E-state index contributed by atoms with van der Waals surface area (Å²) in [6, 6.07) is 5.79. The number of fused-ring (bicyclic) bond motifs is 1. The van der Waals surface area contributed by atoms with Crippen LogP contribution < -0.4 is 16.7 Å². The fraction of sp³-hybridized carbons (Fsp3) is 0.556. The zero-order valence-electron chi connectivity index (χ0n) is 13.8. The molecule has 6 nitrogen and oxygen atoms in total. The summed E-state index contributed by atoms with van der Waals surface area (Å²) < 4.78 is 1.86. The largest absolute Gasteiger partial charge is 0.348 e. The summed E-state index contributed by atoms with van der Waals surface area (Å²) in [5.41, 5.74) is 7.87. The minimum absolute atomic E-state index is 0.0512. The first kappa shape index (κ1) is 15.4. The van der Waals surface area contributed by atoms with E-state index in [1.165, 1.54) is 12.8 Å². The Kier molecular flexibility index (Phi) is 3.92. The maximum absolute atomic E-state index is 12.5. The van der Waals surface area contributed by atoms with Crippen LogP contribution in [0.4, 0.5) is 0 Å². The molecule has 1 atom stereocenters. The van der Waals surface area contributed by atoms with Crippen LogP contribution in [-0.2, 0) is 0 Å². The lowest BCUT2D eigenvalue weighted by atomic mass is 10.1. The first-order valence-corrected chi connectivity index (χ1v) is 8.92. The molecule has 2 saturated carbocycles. The summed E-state index contributed by atoms with van der Waals surface area (Å²) in [6.07, 6.45) is 6.72. The Labute approximate surface area is 140 Å². The maximum Gasteiger partial charge on any atom is 0.326 e. The normalized spacial score (nSPS) is 19.7. The quantitative estimate of drug-likeness (QED) is 0.783. The highest BCUT2D eigenvalue weighted by atomic mass is 16.2. The van der Waals surface area contributed by atoms with Gasteiger partial charge in [-0.2, -0.15) is 0 Å². The van der Waals surface area contributed by atoms with Crippen molar-refractivity contribution in [3.05, 3.63) is 34.2 Å². The molecule has 2 aliphatic carbocycles. The van der Waals surface area contributed by atoms with Gasteiger partial charge in [0.2, 0.25) is 0 Å². The van der Waals surface area contributed by atoms with Crippen LogP contribution >= 0.6 is 0 Å². The van der Waals surface area contributed by atoms with Crippen molar-refractivity contribution >= 4 is 16.9 Å². The molecule has 0 spiro atoms. The van der Waals surface area contributed by atoms with Gasteiger partial charge in [0.25, 0.3) is 5.91 Å². The van der Waals surface area contributed by atoms with E-state index in [2.05, 4.69) is 10.3 Å². The van der Waals surface area contributed by atoms with E-state index >= 15 is 0 Å². The van der Waals surface area contributed by atoms with Crippen LogP contribution in [-0.4, -0.2) is 28.0 Å². The molecule has 1 amide bonds. The molecule has 0 bridgehead atoms. The second-order valence-corrected chi connectivity index (χ2v) is 7.12. The highest BCUT2D eigenvalue weighted by molar-refractivity contribution is 5.97. The van der Waals surface area contributed by atoms with Gasteiger partial charge in [-0.05, 0) is 49.8 Å². The number of amides is 1. The van der Waals surface area contributed by atoms with E-state index in [1.54, 1.807) is 12.1 Å². The molecule has 128 valence electrons. The van der Waals surface area contributed by atoms with Gasteiger partial charge in [0, 0.05) is 24.2 Å². The number of hydrogen-bond donors (Lipinski definition) is 3. The highest BCUT2D eigenvalue weighted by Gasteiger charge is 2.31. The summed E-state index contributed by atoms with van der Waals surface area (Å²) in [5, 5.41) is 3.02. The first-order valence-electron chi connectivity index (χ1n) is 8.92. The van der Waals surface area contributed by atoms with Gasteiger partial charge in [0.1, 0.15) is 0 Å². The zero-order chi connectivity index (χ0) is 16.7. The second kappa shape index (κ2) is 6.09. The molecule has 4 rings (SSSR count). The minimum atomic E-state index is -0.117. The van der Waals surface area contributed by atoms with E-state index in [1.807, 2.05) is 10.6 Å². The molecule has 2 fully saturated rings. The third-order valence-electron chi connectivity index (χ3n) is 5.43. The number of nitrogens with two attached hydrogens (primary N) is 1. The predicted octanol–water partition coefficient (Wildman–Crippen LogP) is 1.91. The fourth-order valence-corrected chi connectivity index (χ4v) is 3.92. The van der Waals surface area contributed by atoms with E-state index < -0.39 is 0 Å². The number of H-pyrrole nitrogens is 1. The number of carbonyl (C=O) groups excluding carboxylic acids is 1. The second-order valence-electron chi connectivity index (χ2n) is 7.12. The Balaban J connectivity index is 1.61. The zero-order valence-corrected chi connectivity index (χ0v) is 13.8. The molecular formula is C18H24N4O2. The van der Waals surface area contributed by atoms with Crippen molar-refractivity contribution in [2.24, 2.45) is 11.7 Å². The molecule has 1 aromatic carbocycles. The molecule has 1 unspecified atom stereocenters. The van der Waals surface area contributed by atoms with Crippen LogP contribution in [0.3, 0.4) is 0 Å². The third-order valence-corrected chi connectivity index (χ3v) is 5.43. The first-order chi connectivity index (χ1) is 11.7. The van der Waals surface area contributed by atoms with Crippen molar-refractivity contribution in [3.63, 3.8) is 0 Å². The van der Waals surface area contributed by atoms with E-state index in [-0.39, 0.29) is 23.7 Å². The SMILES string of the molecule is NCC(NC(=O)c1ccc2c(c1)[nH]c(=O)n2C1CCCC1)C1CC1. The number of imidazole rings is 1. The molecule has 0 aliphatic heterocycles. The summed E-state index contributed by atoms with van der Waals surface area (Å²) in [5.74, 6) is 0.402. The van der Waals surface area contributed by atoms with Crippen LogP contribution in [0.5, 0.6) is 0 Å².